The number of rotatable bonds is 5. The molecule has 0 fully saturated rings. The van der Waals surface area contributed by atoms with Gasteiger partial charge in [0.1, 0.15) is 18.2 Å². The van der Waals surface area contributed by atoms with E-state index in [1.165, 1.54) is 12.4 Å². The van der Waals surface area contributed by atoms with Gasteiger partial charge in [-0.15, -0.1) is 0 Å². The number of ether oxygens (including phenoxy) is 1. The Morgan fingerprint density at radius 2 is 1.93 bits per heavy atom. The van der Waals surface area contributed by atoms with Crippen LogP contribution in [-0.2, 0) is 16.0 Å². The summed E-state index contributed by atoms with van der Waals surface area (Å²) in [5.74, 6) is 0.210. The molecule has 0 bridgehead atoms. The number of carbonyl (C=O) groups excluding carboxylic acids is 1. The Labute approximate surface area is 168 Å². The lowest BCUT2D eigenvalue weighted by Gasteiger charge is -2.16. The van der Waals surface area contributed by atoms with Crippen molar-refractivity contribution in [3.05, 3.63) is 89.4 Å². The molecule has 1 heterocycles. The highest BCUT2D eigenvalue weighted by atomic mass is 16.5. The number of nitrogens with one attached hydrogen (secondary N) is 1. The Balaban J connectivity index is 1.50. The summed E-state index contributed by atoms with van der Waals surface area (Å²) in [5, 5.41) is 12.2. The molecule has 1 atom stereocenters. The van der Waals surface area contributed by atoms with E-state index in [0.29, 0.717) is 17.8 Å². The molecule has 0 spiro atoms. The van der Waals surface area contributed by atoms with Crippen LogP contribution in [0.5, 0.6) is 0 Å². The first-order chi connectivity index (χ1) is 14.2. The van der Waals surface area contributed by atoms with Gasteiger partial charge in [-0.25, -0.2) is 14.8 Å². The lowest BCUT2D eigenvalue weighted by molar-refractivity contribution is -0.143. The Hall–Kier alpha value is -3.98. The van der Waals surface area contributed by atoms with E-state index < -0.39 is 12.1 Å². The van der Waals surface area contributed by atoms with Crippen molar-refractivity contribution in [3.63, 3.8) is 0 Å². The first-order valence-corrected chi connectivity index (χ1v) is 9.27. The summed E-state index contributed by atoms with van der Waals surface area (Å²) >= 11 is 0. The van der Waals surface area contributed by atoms with E-state index in [1.54, 1.807) is 18.2 Å². The molecule has 1 unspecified atom stereocenters. The van der Waals surface area contributed by atoms with Gasteiger partial charge in [0.2, 0.25) is 0 Å². The fourth-order valence-corrected chi connectivity index (χ4v) is 3.27. The number of aryl methyl sites for hydroxylation is 1. The van der Waals surface area contributed by atoms with Gasteiger partial charge in [-0.3, -0.25) is 0 Å². The molecule has 0 radical (unpaired) electrons. The monoisotopic (exact) mass is 382 g/mol. The van der Waals surface area contributed by atoms with Crippen molar-refractivity contribution in [3.8, 4) is 6.07 Å². The first kappa shape index (κ1) is 18.4. The molecular weight excluding hydrogens is 364 g/mol. The molecule has 1 aromatic heterocycles. The fourth-order valence-electron chi connectivity index (χ4n) is 3.27. The second-order valence-electron chi connectivity index (χ2n) is 6.61. The van der Waals surface area contributed by atoms with Crippen molar-refractivity contribution in [1.82, 2.24) is 9.97 Å². The molecule has 0 saturated carbocycles. The number of hydrogen-bond acceptors (Lipinski definition) is 6. The summed E-state index contributed by atoms with van der Waals surface area (Å²) in [6.45, 7) is 0. The quantitative estimate of drug-likeness (QED) is 0.522. The minimum Gasteiger partial charge on any atom is -0.454 e. The van der Waals surface area contributed by atoms with Gasteiger partial charge in [0.15, 0.2) is 0 Å². The van der Waals surface area contributed by atoms with Crippen LogP contribution in [0, 0.1) is 11.3 Å². The van der Waals surface area contributed by atoms with Crippen molar-refractivity contribution in [1.29, 1.82) is 5.26 Å². The third-order valence-corrected chi connectivity index (χ3v) is 4.68. The summed E-state index contributed by atoms with van der Waals surface area (Å²) in [5.41, 5.74) is 3.99. The summed E-state index contributed by atoms with van der Waals surface area (Å²) < 4.78 is 5.69. The van der Waals surface area contributed by atoms with Crippen LogP contribution in [0.15, 0.2) is 67.0 Å². The van der Waals surface area contributed by atoms with Gasteiger partial charge < -0.3 is 10.1 Å². The van der Waals surface area contributed by atoms with Crippen molar-refractivity contribution in [2.45, 2.75) is 18.9 Å². The molecule has 6 heteroatoms. The van der Waals surface area contributed by atoms with Crippen LogP contribution in [0.25, 0.3) is 6.08 Å². The normalized spacial score (nSPS) is 14.9. The van der Waals surface area contributed by atoms with Crippen LogP contribution in [0.3, 0.4) is 0 Å². The Morgan fingerprint density at radius 1 is 1.14 bits per heavy atom. The van der Waals surface area contributed by atoms with E-state index in [1.807, 2.05) is 42.5 Å². The number of benzene rings is 2. The third-order valence-electron chi connectivity index (χ3n) is 4.68. The van der Waals surface area contributed by atoms with E-state index >= 15 is 0 Å². The van der Waals surface area contributed by atoms with Crippen molar-refractivity contribution >= 4 is 23.6 Å². The largest absolute Gasteiger partial charge is 0.454 e. The predicted octanol–water partition coefficient (Wildman–Crippen LogP) is 4.34. The van der Waals surface area contributed by atoms with Crippen LogP contribution in [0.2, 0.25) is 0 Å². The zero-order valence-electron chi connectivity index (χ0n) is 15.6. The van der Waals surface area contributed by atoms with Gasteiger partial charge in [-0.05, 0) is 48.7 Å². The number of hydrogen-bond donors (Lipinski definition) is 1. The minimum atomic E-state index is -0.403. The Bertz CT molecular complexity index is 1090. The highest BCUT2D eigenvalue weighted by molar-refractivity contribution is 5.87. The number of aromatic nitrogens is 2. The standard InChI is InChI=1S/C23H18N4O2/c24-14-17-6-9-18(10-7-17)27-23-22-19(25-15-26-23)11-12-20(22)29-21(28)13-8-16-4-2-1-3-5-16/h1-10,13,15,20H,11-12H2,(H,25,26,27). The van der Waals surface area contributed by atoms with Gasteiger partial charge in [0.05, 0.1) is 22.9 Å². The van der Waals surface area contributed by atoms with Crippen LogP contribution >= 0.6 is 0 Å². The second-order valence-corrected chi connectivity index (χ2v) is 6.61. The average molecular weight is 382 g/mol. The number of fused-ring (bicyclic) bond motifs is 1. The maximum Gasteiger partial charge on any atom is 0.331 e. The molecule has 4 rings (SSSR count). The lowest BCUT2D eigenvalue weighted by Crippen LogP contribution is -2.10. The smallest absolute Gasteiger partial charge is 0.331 e. The molecule has 1 N–H and O–H groups in total. The van der Waals surface area contributed by atoms with E-state index in [0.717, 1.165) is 28.9 Å². The van der Waals surface area contributed by atoms with E-state index in [9.17, 15) is 4.79 Å². The van der Waals surface area contributed by atoms with Crippen molar-refractivity contribution < 1.29 is 9.53 Å². The van der Waals surface area contributed by atoms with Crippen LogP contribution in [0.4, 0.5) is 11.5 Å². The average Bonchev–Trinajstić information content (AvgIpc) is 3.17. The van der Waals surface area contributed by atoms with Gasteiger partial charge >= 0.3 is 5.97 Å². The molecule has 3 aromatic rings. The van der Waals surface area contributed by atoms with E-state index in [-0.39, 0.29) is 0 Å². The van der Waals surface area contributed by atoms with Gasteiger partial charge in [-0.2, -0.15) is 5.26 Å². The Kier molecular flexibility index (Phi) is 5.30. The molecule has 29 heavy (non-hydrogen) atoms. The molecule has 1 aliphatic carbocycles. The number of nitrogens with zero attached hydrogens (tertiary/aromatic N) is 3. The molecule has 142 valence electrons. The molecule has 0 aliphatic heterocycles. The number of carbonyl (C=O) groups is 1. The minimum absolute atomic E-state index is 0.403. The highest BCUT2D eigenvalue weighted by Crippen LogP contribution is 2.37. The first-order valence-electron chi connectivity index (χ1n) is 9.27. The molecule has 1 aliphatic rings. The van der Waals surface area contributed by atoms with Crippen LogP contribution < -0.4 is 5.32 Å². The van der Waals surface area contributed by atoms with E-state index in [4.69, 9.17) is 10.00 Å². The van der Waals surface area contributed by atoms with Gasteiger partial charge in [0.25, 0.3) is 0 Å². The lowest BCUT2D eigenvalue weighted by atomic mass is 10.2. The molecule has 0 saturated heterocycles. The highest BCUT2D eigenvalue weighted by Gasteiger charge is 2.30. The molecule has 6 nitrogen and oxygen atoms in total. The second kappa shape index (κ2) is 8.36. The summed E-state index contributed by atoms with van der Waals surface area (Å²) in [7, 11) is 0. The van der Waals surface area contributed by atoms with Crippen LogP contribution in [-0.4, -0.2) is 15.9 Å². The van der Waals surface area contributed by atoms with Crippen LogP contribution in [0.1, 0.15) is 34.9 Å². The summed E-state index contributed by atoms with van der Waals surface area (Å²) in [4.78, 5) is 21.0. The van der Waals surface area contributed by atoms with Gasteiger partial charge in [0, 0.05) is 11.8 Å². The SMILES string of the molecule is N#Cc1ccc(Nc2ncnc3c2C(OC(=O)C=Cc2ccccc2)CC3)cc1. The van der Waals surface area contributed by atoms with E-state index in [2.05, 4.69) is 21.4 Å². The fraction of sp³-hybridized carbons (Fsp3) is 0.130. The maximum atomic E-state index is 12.3. The summed E-state index contributed by atoms with van der Waals surface area (Å²) in [6, 6.07) is 18.8. The Morgan fingerprint density at radius 3 is 2.69 bits per heavy atom. The molecular formula is C23H18N4O2. The number of esters is 1. The number of nitriles is 1. The topological polar surface area (TPSA) is 87.9 Å². The molecule has 2 aromatic carbocycles. The number of anilines is 2. The third kappa shape index (κ3) is 4.30. The van der Waals surface area contributed by atoms with Gasteiger partial charge in [-0.1, -0.05) is 30.3 Å². The predicted molar refractivity (Wildman–Crippen MR) is 109 cm³/mol. The zero-order chi connectivity index (χ0) is 20.1. The maximum absolute atomic E-state index is 12.3. The molecule has 0 amide bonds. The van der Waals surface area contributed by atoms with Crippen molar-refractivity contribution in [2.75, 3.05) is 5.32 Å². The van der Waals surface area contributed by atoms with Crippen molar-refractivity contribution in [2.24, 2.45) is 0 Å². The summed E-state index contributed by atoms with van der Waals surface area (Å²) in [6.07, 6.45) is 5.66. The zero-order valence-corrected chi connectivity index (χ0v) is 15.6.